The predicted octanol–water partition coefficient (Wildman–Crippen LogP) is 2.64. The minimum Gasteiger partial charge on any atom is -0.504 e. The minimum absolute atomic E-state index is 0.184. The zero-order valence-corrected chi connectivity index (χ0v) is 9.49. The molecule has 5 nitrogen and oxygen atoms in total. The molecule has 1 heterocycles. The molecule has 0 aliphatic heterocycles. The third kappa shape index (κ3) is 2.29. The van der Waals surface area contributed by atoms with Crippen molar-refractivity contribution >= 4 is 5.97 Å². The highest BCUT2D eigenvalue weighted by Gasteiger charge is 2.34. The molecule has 2 rings (SSSR count). The van der Waals surface area contributed by atoms with Gasteiger partial charge in [-0.25, -0.2) is 9.18 Å². The molecule has 0 atom stereocenters. The summed E-state index contributed by atoms with van der Waals surface area (Å²) < 4.78 is 50.5. The molecule has 0 saturated heterocycles. The summed E-state index contributed by atoms with van der Waals surface area (Å²) in [6, 6.07) is 1.89. The number of carboxylic acid groups (broad SMARTS) is 1. The second kappa shape index (κ2) is 4.51. The van der Waals surface area contributed by atoms with Gasteiger partial charge in [-0.2, -0.15) is 18.3 Å². The van der Waals surface area contributed by atoms with E-state index in [2.05, 4.69) is 5.10 Å². The van der Waals surface area contributed by atoms with Crippen LogP contribution in [-0.4, -0.2) is 26.4 Å². The molecule has 0 aliphatic rings. The van der Waals surface area contributed by atoms with Gasteiger partial charge in [0.25, 0.3) is 0 Å². The van der Waals surface area contributed by atoms with Crippen molar-refractivity contribution in [1.82, 2.24) is 10.2 Å². The van der Waals surface area contributed by atoms with Crippen LogP contribution in [0.15, 0.2) is 18.2 Å². The van der Waals surface area contributed by atoms with Crippen LogP contribution >= 0.6 is 0 Å². The number of alkyl halides is 3. The Morgan fingerprint density at radius 1 is 1.30 bits per heavy atom. The van der Waals surface area contributed by atoms with E-state index in [9.17, 15) is 27.5 Å². The average molecular weight is 290 g/mol. The van der Waals surface area contributed by atoms with Crippen LogP contribution in [0.1, 0.15) is 16.1 Å². The Kier molecular flexibility index (Phi) is 3.12. The summed E-state index contributed by atoms with van der Waals surface area (Å²) in [7, 11) is 0. The maximum Gasteiger partial charge on any atom is 0.419 e. The van der Waals surface area contributed by atoms with Gasteiger partial charge in [0, 0.05) is 5.56 Å². The van der Waals surface area contributed by atoms with Gasteiger partial charge in [-0.3, -0.25) is 5.10 Å². The molecule has 20 heavy (non-hydrogen) atoms. The normalized spacial score (nSPS) is 11.6. The molecule has 0 bridgehead atoms. The number of aromatic amines is 1. The Morgan fingerprint density at radius 3 is 2.40 bits per heavy atom. The molecular weight excluding hydrogens is 284 g/mol. The number of carboxylic acids is 1. The lowest BCUT2D eigenvalue weighted by Crippen LogP contribution is -2.07. The number of aromatic nitrogens is 2. The van der Waals surface area contributed by atoms with Crippen molar-refractivity contribution in [2.24, 2.45) is 0 Å². The first-order valence-corrected chi connectivity index (χ1v) is 5.09. The molecule has 0 unspecified atom stereocenters. The zero-order valence-electron chi connectivity index (χ0n) is 9.49. The van der Waals surface area contributed by atoms with Crippen molar-refractivity contribution in [3.63, 3.8) is 0 Å². The van der Waals surface area contributed by atoms with Crippen molar-refractivity contribution < 1.29 is 32.6 Å². The molecule has 0 spiro atoms. The summed E-state index contributed by atoms with van der Waals surface area (Å²) in [6.45, 7) is 0. The fourth-order valence-corrected chi connectivity index (χ4v) is 1.58. The van der Waals surface area contributed by atoms with E-state index in [1.165, 1.54) is 0 Å². The Bertz CT molecular complexity index is 679. The summed E-state index contributed by atoms with van der Waals surface area (Å²) >= 11 is 0. The molecule has 0 fully saturated rings. The van der Waals surface area contributed by atoms with Crippen LogP contribution in [0.25, 0.3) is 11.3 Å². The zero-order chi connectivity index (χ0) is 15.1. The van der Waals surface area contributed by atoms with E-state index in [0.29, 0.717) is 12.1 Å². The largest absolute Gasteiger partial charge is 0.504 e. The lowest BCUT2D eigenvalue weighted by Gasteiger charge is -2.08. The third-order valence-electron chi connectivity index (χ3n) is 2.50. The topological polar surface area (TPSA) is 86.2 Å². The SMILES string of the molecule is O=C(O)c1[nH]nc(-c2ccc(C(F)(F)F)c(F)c2)c1O. The van der Waals surface area contributed by atoms with Gasteiger partial charge >= 0.3 is 12.1 Å². The standard InChI is InChI=1S/C11H6F4N2O3/c12-6-3-4(1-2-5(6)11(13,14)15)7-9(18)8(10(19)20)17-16-7/h1-3,18H,(H,16,17)(H,19,20). The van der Waals surface area contributed by atoms with Crippen LogP contribution in [0.3, 0.4) is 0 Å². The van der Waals surface area contributed by atoms with Gasteiger partial charge < -0.3 is 10.2 Å². The van der Waals surface area contributed by atoms with Gasteiger partial charge in [-0.1, -0.05) is 6.07 Å². The van der Waals surface area contributed by atoms with Crippen molar-refractivity contribution in [2.45, 2.75) is 6.18 Å². The van der Waals surface area contributed by atoms with Crippen molar-refractivity contribution in [2.75, 3.05) is 0 Å². The Morgan fingerprint density at radius 2 is 1.95 bits per heavy atom. The second-order valence-electron chi connectivity index (χ2n) is 3.79. The summed E-state index contributed by atoms with van der Waals surface area (Å²) in [5.74, 6) is -3.83. The number of nitrogens with one attached hydrogen (secondary N) is 1. The number of hydrogen-bond donors (Lipinski definition) is 3. The smallest absolute Gasteiger partial charge is 0.419 e. The average Bonchev–Trinajstić information content (AvgIpc) is 2.69. The van der Waals surface area contributed by atoms with Crippen LogP contribution in [0.5, 0.6) is 5.75 Å². The Balaban J connectivity index is 2.50. The van der Waals surface area contributed by atoms with E-state index in [-0.39, 0.29) is 11.3 Å². The van der Waals surface area contributed by atoms with E-state index in [1.54, 1.807) is 0 Å². The van der Waals surface area contributed by atoms with Crippen LogP contribution in [0.4, 0.5) is 17.6 Å². The molecule has 0 saturated carbocycles. The maximum absolute atomic E-state index is 13.4. The summed E-state index contributed by atoms with van der Waals surface area (Å²) in [5, 5.41) is 23.7. The van der Waals surface area contributed by atoms with Gasteiger partial charge in [0.1, 0.15) is 11.5 Å². The molecule has 2 aromatic rings. The molecule has 0 amide bonds. The Labute approximate surface area is 108 Å². The molecule has 106 valence electrons. The molecule has 1 aromatic heterocycles. The number of benzene rings is 1. The fourth-order valence-electron chi connectivity index (χ4n) is 1.58. The third-order valence-corrected chi connectivity index (χ3v) is 2.50. The van der Waals surface area contributed by atoms with E-state index < -0.39 is 35.0 Å². The molecule has 9 heteroatoms. The number of hydrogen-bond acceptors (Lipinski definition) is 3. The van der Waals surface area contributed by atoms with Gasteiger partial charge in [0.2, 0.25) is 0 Å². The molecular formula is C11H6F4N2O3. The van der Waals surface area contributed by atoms with Crippen molar-refractivity contribution in [3.05, 3.63) is 35.3 Å². The number of carbonyl (C=O) groups is 1. The highest BCUT2D eigenvalue weighted by molar-refractivity contribution is 5.91. The highest BCUT2D eigenvalue weighted by atomic mass is 19.4. The van der Waals surface area contributed by atoms with Crippen molar-refractivity contribution in [3.8, 4) is 17.0 Å². The molecule has 3 N–H and O–H groups in total. The van der Waals surface area contributed by atoms with Crippen LogP contribution in [0, 0.1) is 5.82 Å². The monoisotopic (exact) mass is 290 g/mol. The first-order valence-electron chi connectivity index (χ1n) is 5.09. The van der Waals surface area contributed by atoms with Crippen LogP contribution in [0.2, 0.25) is 0 Å². The highest BCUT2D eigenvalue weighted by Crippen LogP contribution is 2.35. The van der Waals surface area contributed by atoms with Crippen LogP contribution in [-0.2, 0) is 6.18 Å². The van der Waals surface area contributed by atoms with Gasteiger partial charge in [0.05, 0.1) is 5.56 Å². The number of nitrogens with zero attached hydrogens (tertiary/aromatic N) is 1. The molecule has 0 radical (unpaired) electrons. The second-order valence-corrected chi connectivity index (χ2v) is 3.79. The lowest BCUT2D eigenvalue weighted by atomic mass is 10.1. The maximum atomic E-state index is 13.4. The minimum atomic E-state index is -4.84. The summed E-state index contributed by atoms with van der Waals surface area (Å²) in [6.07, 6.45) is -4.84. The summed E-state index contributed by atoms with van der Waals surface area (Å²) in [4.78, 5) is 10.7. The number of H-pyrrole nitrogens is 1. The molecule has 1 aromatic carbocycles. The van der Waals surface area contributed by atoms with Gasteiger partial charge in [-0.05, 0) is 12.1 Å². The molecule has 0 aliphatic carbocycles. The van der Waals surface area contributed by atoms with Gasteiger partial charge in [0.15, 0.2) is 11.4 Å². The van der Waals surface area contributed by atoms with Gasteiger partial charge in [-0.15, -0.1) is 0 Å². The lowest BCUT2D eigenvalue weighted by molar-refractivity contribution is -0.139. The number of rotatable bonds is 2. The van der Waals surface area contributed by atoms with E-state index in [0.717, 1.165) is 6.07 Å². The number of halogens is 4. The van der Waals surface area contributed by atoms with Crippen LogP contribution < -0.4 is 0 Å². The summed E-state index contributed by atoms with van der Waals surface area (Å²) in [5.41, 5.74) is -2.64. The van der Waals surface area contributed by atoms with E-state index in [4.69, 9.17) is 5.11 Å². The fraction of sp³-hybridized carbons (Fsp3) is 0.0909. The Hall–Kier alpha value is -2.58. The quantitative estimate of drug-likeness (QED) is 0.742. The number of aromatic carboxylic acids is 1. The predicted molar refractivity (Wildman–Crippen MR) is 57.6 cm³/mol. The van der Waals surface area contributed by atoms with Crippen molar-refractivity contribution in [1.29, 1.82) is 0 Å². The van der Waals surface area contributed by atoms with E-state index >= 15 is 0 Å². The first-order chi connectivity index (χ1) is 9.21. The first kappa shape index (κ1) is 13.8. The van der Waals surface area contributed by atoms with E-state index in [1.807, 2.05) is 5.10 Å². The number of aromatic hydroxyl groups is 1.